The molecule has 7 rings (SSSR count). The molecule has 1 aromatic heterocycles. The third-order valence-corrected chi connectivity index (χ3v) is 11.4. The Balaban J connectivity index is 1.31. The molecule has 2 aliphatic heterocycles. The lowest BCUT2D eigenvalue weighted by atomic mass is 9.53. The molecule has 44 heavy (non-hydrogen) atoms. The van der Waals surface area contributed by atoms with Crippen LogP contribution >= 0.6 is 23.2 Å². The number of amides is 2. The van der Waals surface area contributed by atoms with Crippen LogP contribution in [0.25, 0.3) is 0 Å². The molecule has 4 aliphatic rings. The molecular weight excluding hydrogens is 604 g/mol. The van der Waals surface area contributed by atoms with Crippen molar-refractivity contribution in [3.05, 3.63) is 75.7 Å². The minimum Gasteiger partial charge on any atom is -0.428 e. The van der Waals surface area contributed by atoms with Crippen molar-refractivity contribution in [3.8, 4) is 0 Å². The van der Waals surface area contributed by atoms with E-state index in [-0.39, 0.29) is 39.8 Å². The molecule has 2 saturated carbocycles. The van der Waals surface area contributed by atoms with Gasteiger partial charge in [-0.15, -0.1) is 10.2 Å². The lowest BCUT2D eigenvalue weighted by Crippen LogP contribution is -2.61. The van der Waals surface area contributed by atoms with E-state index in [0.717, 1.165) is 44.1 Å². The van der Waals surface area contributed by atoms with Crippen LogP contribution in [0.15, 0.2) is 47.2 Å². The molecule has 3 aromatic rings. The molecule has 0 bridgehead atoms. The van der Waals surface area contributed by atoms with Gasteiger partial charge in [0.25, 0.3) is 0 Å². The van der Waals surface area contributed by atoms with E-state index < -0.39 is 28.7 Å². The van der Waals surface area contributed by atoms with Crippen molar-refractivity contribution < 1.29 is 18.4 Å². The Kier molecular flexibility index (Phi) is 7.29. The normalized spacial score (nSPS) is 30.3. The summed E-state index contributed by atoms with van der Waals surface area (Å²) in [5.41, 5.74) is -0.416. The van der Waals surface area contributed by atoms with Crippen LogP contribution in [0.1, 0.15) is 94.1 Å². The number of hydrogen-bond acceptors (Lipinski definition) is 6. The fourth-order valence-electron chi connectivity index (χ4n) is 8.55. The van der Waals surface area contributed by atoms with Crippen LogP contribution in [0.4, 0.5) is 10.1 Å². The van der Waals surface area contributed by atoms with E-state index >= 15 is 4.39 Å². The second-order valence-electron chi connectivity index (χ2n) is 13.8. The molecule has 3 heterocycles. The third-order valence-electron chi connectivity index (χ3n) is 10.9. The number of fused-ring (bicyclic) bond motifs is 3. The maximum absolute atomic E-state index is 16.1. The van der Waals surface area contributed by atoms with Gasteiger partial charge in [0.15, 0.2) is 0 Å². The number of rotatable bonds is 4. The first-order chi connectivity index (χ1) is 21.0. The summed E-state index contributed by atoms with van der Waals surface area (Å²) in [7, 11) is 0. The van der Waals surface area contributed by atoms with Crippen LogP contribution < -0.4 is 16.0 Å². The number of nitrogens with zero attached hydrogens (tertiary/aromatic N) is 2. The Labute approximate surface area is 265 Å². The van der Waals surface area contributed by atoms with Gasteiger partial charge in [0.05, 0.1) is 11.1 Å². The van der Waals surface area contributed by atoms with E-state index in [4.69, 9.17) is 27.6 Å². The Morgan fingerprint density at radius 1 is 1.07 bits per heavy atom. The molecule has 8 nitrogen and oxygen atoms in total. The lowest BCUT2D eigenvalue weighted by Gasteiger charge is -2.50. The predicted octanol–water partition coefficient (Wildman–Crippen LogP) is 6.64. The molecule has 2 aromatic carbocycles. The molecule has 2 spiro atoms. The van der Waals surface area contributed by atoms with E-state index in [1.807, 2.05) is 6.07 Å². The second kappa shape index (κ2) is 10.8. The number of aromatic nitrogens is 2. The lowest BCUT2D eigenvalue weighted by molar-refractivity contribution is -0.125. The van der Waals surface area contributed by atoms with Crippen molar-refractivity contribution >= 4 is 40.7 Å². The van der Waals surface area contributed by atoms with Gasteiger partial charge in [-0.2, -0.15) is 0 Å². The number of carbonyl (C=O) groups excluding carboxylic acids is 2. The summed E-state index contributed by atoms with van der Waals surface area (Å²) in [6, 6.07) is 9.26. The first kappa shape index (κ1) is 29.7. The molecule has 0 radical (unpaired) electrons. The van der Waals surface area contributed by atoms with Gasteiger partial charge in [-0.05, 0) is 86.1 Å². The quantitative estimate of drug-likeness (QED) is 0.295. The van der Waals surface area contributed by atoms with Gasteiger partial charge in [-0.1, -0.05) is 55.2 Å². The van der Waals surface area contributed by atoms with E-state index in [1.165, 1.54) is 12.5 Å². The zero-order chi connectivity index (χ0) is 30.9. The number of carbonyl (C=O) groups is 2. The van der Waals surface area contributed by atoms with Crippen molar-refractivity contribution in [3.63, 3.8) is 0 Å². The van der Waals surface area contributed by atoms with Gasteiger partial charge in [0, 0.05) is 34.1 Å². The monoisotopic (exact) mass is 639 g/mol. The van der Waals surface area contributed by atoms with Gasteiger partial charge in [0.1, 0.15) is 11.2 Å². The van der Waals surface area contributed by atoms with Gasteiger partial charge in [-0.25, -0.2) is 4.39 Å². The summed E-state index contributed by atoms with van der Waals surface area (Å²) >= 11 is 12.8. The van der Waals surface area contributed by atoms with Crippen LogP contribution in [0, 0.1) is 11.2 Å². The Morgan fingerprint density at radius 3 is 2.52 bits per heavy atom. The van der Waals surface area contributed by atoms with Crippen molar-refractivity contribution in [2.24, 2.45) is 5.41 Å². The number of hydrogen-bond donors (Lipinski definition) is 3. The molecular formula is C33H36Cl2FN5O3. The van der Waals surface area contributed by atoms with E-state index in [0.29, 0.717) is 29.4 Å². The minimum absolute atomic E-state index is 0.0448. The van der Waals surface area contributed by atoms with E-state index in [2.05, 4.69) is 40.0 Å². The SMILES string of the molecule is CC1(C)CCC2(CC1)N[C@@H](C(=O)NC1CCC(c3nnco3)CC1)[C@H](c1cccc(Cl)c1F)[C@]21C(=O)Nc2cc(Cl)ccc21. The van der Waals surface area contributed by atoms with Crippen LogP contribution in [0.2, 0.25) is 10.0 Å². The molecule has 2 aliphatic carbocycles. The number of nitrogens with one attached hydrogen (secondary N) is 3. The highest BCUT2D eigenvalue weighted by Crippen LogP contribution is 2.64. The second-order valence-corrected chi connectivity index (χ2v) is 14.6. The topological polar surface area (TPSA) is 109 Å². The van der Waals surface area contributed by atoms with Gasteiger partial charge >= 0.3 is 0 Å². The van der Waals surface area contributed by atoms with E-state index in [1.54, 1.807) is 24.3 Å². The average molecular weight is 641 g/mol. The Morgan fingerprint density at radius 2 is 1.82 bits per heavy atom. The highest BCUT2D eigenvalue weighted by molar-refractivity contribution is 6.31. The van der Waals surface area contributed by atoms with Crippen LogP contribution in [-0.2, 0) is 15.0 Å². The summed E-state index contributed by atoms with van der Waals surface area (Å²) < 4.78 is 21.6. The predicted molar refractivity (Wildman–Crippen MR) is 165 cm³/mol. The number of benzene rings is 2. The summed E-state index contributed by atoms with van der Waals surface area (Å²) in [5, 5.41) is 18.4. The van der Waals surface area contributed by atoms with Crippen molar-refractivity contribution in [2.75, 3.05) is 5.32 Å². The van der Waals surface area contributed by atoms with Crippen LogP contribution in [0.5, 0.6) is 0 Å². The number of anilines is 1. The van der Waals surface area contributed by atoms with Gasteiger partial charge in [0.2, 0.25) is 24.1 Å². The molecule has 2 amide bonds. The standard InChI is InChI=1S/C33H36Cl2FN5O3/c1-31(2)12-14-32(15-13-31)33(22-11-8-19(34)16-24(22)39-30(33)43)25(21-4-3-5-23(35)26(21)36)27(40-32)28(42)38-20-9-6-18(7-10-20)29-41-37-17-44-29/h3-5,8,11,16-18,20,25,27,40H,6-7,9-10,12-15H2,1-2H3,(H,38,42)(H,39,43)/t18?,20?,25-,27+,33+/m0/s1. The fraction of sp³-hybridized carbons (Fsp3) is 0.515. The minimum atomic E-state index is -1.27. The summed E-state index contributed by atoms with van der Waals surface area (Å²) in [5.74, 6) is -1.18. The highest BCUT2D eigenvalue weighted by atomic mass is 35.5. The molecule has 3 fully saturated rings. The largest absolute Gasteiger partial charge is 0.428 e. The summed E-state index contributed by atoms with van der Waals surface area (Å²) in [6.07, 6.45) is 7.41. The van der Waals surface area contributed by atoms with Gasteiger partial charge in [-0.3, -0.25) is 14.9 Å². The molecule has 0 unspecified atom stereocenters. The van der Waals surface area contributed by atoms with Crippen LogP contribution in [0.3, 0.4) is 0 Å². The zero-order valence-corrected chi connectivity index (χ0v) is 26.3. The summed E-state index contributed by atoms with van der Waals surface area (Å²) in [4.78, 5) is 29.0. The van der Waals surface area contributed by atoms with Crippen molar-refractivity contribution in [1.82, 2.24) is 20.8 Å². The molecule has 1 saturated heterocycles. The first-order valence-corrected chi connectivity index (χ1v) is 16.2. The number of halogens is 3. The maximum atomic E-state index is 16.1. The fourth-order valence-corrected chi connectivity index (χ4v) is 8.91. The first-order valence-electron chi connectivity index (χ1n) is 15.4. The van der Waals surface area contributed by atoms with Gasteiger partial charge < -0.3 is 15.1 Å². The zero-order valence-electron chi connectivity index (χ0n) is 24.8. The molecule has 3 atom stereocenters. The Bertz CT molecular complexity index is 1600. The Hall–Kier alpha value is -3.01. The van der Waals surface area contributed by atoms with Crippen molar-refractivity contribution in [1.29, 1.82) is 0 Å². The third kappa shape index (κ3) is 4.57. The smallest absolute Gasteiger partial charge is 0.238 e. The molecule has 11 heteroatoms. The molecule has 3 N–H and O–H groups in total. The van der Waals surface area contributed by atoms with Crippen molar-refractivity contribution in [2.45, 2.75) is 100 Å². The maximum Gasteiger partial charge on any atom is 0.238 e. The van der Waals surface area contributed by atoms with E-state index in [9.17, 15) is 9.59 Å². The molecule has 232 valence electrons. The highest BCUT2D eigenvalue weighted by Gasteiger charge is 2.73. The average Bonchev–Trinajstić information content (AvgIpc) is 3.70. The summed E-state index contributed by atoms with van der Waals surface area (Å²) in [6.45, 7) is 4.46. The van der Waals surface area contributed by atoms with Crippen LogP contribution in [-0.4, -0.2) is 39.6 Å².